The maximum absolute atomic E-state index is 4.57. The van der Waals surface area contributed by atoms with Gasteiger partial charge in [-0.3, -0.25) is 0 Å². The maximum Gasteiger partial charge on any atom is 0.142 e. The smallest absolute Gasteiger partial charge is 0.142 e. The molecule has 0 bridgehead atoms. The van der Waals surface area contributed by atoms with Gasteiger partial charge in [0.15, 0.2) is 0 Å². The number of aromatic nitrogens is 4. The number of rotatable bonds is 3. The van der Waals surface area contributed by atoms with Gasteiger partial charge in [0.05, 0.1) is 17.4 Å². The zero-order chi connectivity index (χ0) is 18.5. The molecule has 0 amide bonds. The summed E-state index contributed by atoms with van der Waals surface area (Å²) >= 11 is 1.74. The van der Waals surface area contributed by atoms with E-state index in [1.54, 1.807) is 11.3 Å². The van der Waals surface area contributed by atoms with Crippen LogP contribution in [-0.2, 0) is 0 Å². The van der Waals surface area contributed by atoms with Crippen molar-refractivity contribution in [2.24, 2.45) is 0 Å². The normalized spacial score (nSPS) is 11.9. The minimum atomic E-state index is 0.403. The maximum atomic E-state index is 4.57. The van der Waals surface area contributed by atoms with Crippen molar-refractivity contribution in [2.75, 3.05) is 0 Å². The highest BCUT2D eigenvalue weighted by Gasteiger charge is 2.11. The third-order valence-electron chi connectivity index (χ3n) is 4.92. The first-order valence-electron chi connectivity index (χ1n) is 9.13. The summed E-state index contributed by atoms with van der Waals surface area (Å²) in [4.78, 5) is 16.9. The van der Waals surface area contributed by atoms with E-state index < -0.39 is 0 Å². The van der Waals surface area contributed by atoms with Crippen molar-refractivity contribution in [3.63, 3.8) is 0 Å². The first kappa shape index (κ1) is 16.3. The third-order valence-corrected chi connectivity index (χ3v) is 5.96. The van der Waals surface area contributed by atoms with Gasteiger partial charge in [0.25, 0.3) is 0 Å². The summed E-state index contributed by atoms with van der Waals surface area (Å²) in [6, 6.07) is 15.3. The van der Waals surface area contributed by atoms with E-state index in [1.807, 2.05) is 13.1 Å². The number of hydrogen-bond acceptors (Lipinski definition) is 3. The van der Waals surface area contributed by atoms with Gasteiger partial charge in [0.2, 0.25) is 0 Å². The van der Waals surface area contributed by atoms with Crippen LogP contribution < -0.4 is 0 Å². The lowest BCUT2D eigenvalue weighted by Crippen LogP contribution is -1.89. The number of nitrogens with zero attached hydrogens (tertiary/aromatic N) is 2. The number of fused-ring (bicyclic) bond motifs is 3. The van der Waals surface area contributed by atoms with E-state index in [4.69, 9.17) is 0 Å². The lowest BCUT2D eigenvalue weighted by molar-refractivity contribution is 0.795. The Kier molecular flexibility index (Phi) is 3.65. The van der Waals surface area contributed by atoms with Crippen LogP contribution in [-0.4, -0.2) is 19.9 Å². The number of aromatic amines is 2. The van der Waals surface area contributed by atoms with Crippen molar-refractivity contribution in [3.8, 4) is 22.4 Å². The molecule has 0 radical (unpaired) electrons. The summed E-state index contributed by atoms with van der Waals surface area (Å²) in [5.41, 5.74) is 5.81. The van der Waals surface area contributed by atoms with Crippen LogP contribution in [0.25, 0.3) is 42.8 Å². The summed E-state index contributed by atoms with van der Waals surface area (Å²) in [5.74, 6) is 2.40. The van der Waals surface area contributed by atoms with Gasteiger partial charge >= 0.3 is 0 Å². The second-order valence-corrected chi connectivity index (χ2v) is 8.26. The van der Waals surface area contributed by atoms with E-state index in [9.17, 15) is 0 Å². The lowest BCUT2D eigenvalue weighted by Gasteiger charge is -2.04. The molecule has 2 aromatic carbocycles. The number of benzene rings is 2. The van der Waals surface area contributed by atoms with E-state index in [-0.39, 0.29) is 0 Å². The summed E-state index contributed by atoms with van der Waals surface area (Å²) in [5, 5.41) is 1.25. The predicted molar refractivity (Wildman–Crippen MR) is 113 cm³/mol. The van der Waals surface area contributed by atoms with Gasteiger partial charge in [0, 0.05) is 16.0 Å². The largest absolute Gasteiger partial charge is 0.342 e. The molecule has 0 aliphatic heterocycles. The molecule has 0 saturated heterocycles. The summed E-state index contributed by atoms with van der Waals surface area (Å²) in [6.45, 7) is 6.28. The molecule has 0 spiro atoms. The standard InChI is InChI=1S/C22H20N4S/c1-12(2)21-23-11-18(26-21)15-6-4-14(5-7-15)16-8-9-17-19(10-16)27-22-20(17)24-13(3)25-22/h4-12H,1-3H3,(H,23,26)(H,24,25). The Morgan fingerprint density at radius 2 is 1.67 bits per heavy atom. The van der Waals surface area contributed by atoms with Crippen LogP contribution in [0.3, 0.4) is 0 Å². The van der Waals surface area contributed by atoms with Gasteiger partial charge < -0.3 is 9.97 Å². The molecule has 3 aromatic heterocycles. The molecule has 4 nitrogen and oxygen atoms in total. The minimum absolute atomic E-state index is 0.403. The molecule has 5 rings (SSSR count). The third kappa shape index (κ3) is 2.75. The van der Waals surface area contributed by atoms with Gasteiger partial charge in [-0.25, -0.2) is 9.97 Å². The molecule has 134 valence electrons. The first-order valence-corrected chi connectivity index (χ1v) is 9.95. The van der Waals surface area contributed by atoms with Gasteiger partial charge in [-0.1, -0.05) is 50.2 Å². The van der Waals surface area contributed by atoms with E-state index in [0.29, 0.717) is 5.92 Å². The van der Waals surface area contributed by atoms with Gasteiger partial charge in [0.1, 0.15) is 16.5 Å². The fraction of sp³-hybridized carbons (Fsp3) is 0.182. The second-order valence-electron chi connectivity index (χ2n) is 7.23. The van der Waals surface area contributed by atoms with Crippen LogP contribution in [0.4, 0.5) is 0 Å². The average molecular weight is 372 g/mol. The molecule has 5 heteroatoms. The molecule has 3 heterocycles. The van der Waals surface area contributed by atoms with Crippen molar-refractivity contribution in [1.29, 1.82) is 0 Å². The SMILES string of the molecule is Cc1nc2sc3cc(-c4ccc(-c5cnc(C(C)C)[nH]5)cc4)ccc3c2[nH]1. The molecular formula is C22H20N4S. The molecule has 0 aliphatic carbocycles. The van der Waals surface area contributed by atoms with E-state index >= 15 is 0 Å². The molecule has 0 unspecified atom stereocenters. The Morgan fingerprint density at radius 1 is 0.926 bits per heavy atom. The Hall–Kier alpha value is -2.92. The Morgan fingerprint density at radius 3 is 2.41 bits per heavy atom. The average Bonchev–Trinajstić information content (AvgIpc) is 3.35. The van der Waals surface area contributed by atoms with E-state index in [0.717, 1.165) is 33.3 Å². The number of thiophene rings is 1. The lowest BCUT2D eigenvalue weighted by atomic mass is 10.0. The van der Waals surface area contributed by atoms with Crippen LogP contribution in [0.1, 0.15) is 31.4 Å². The van der Waals surface area contributed by atoms with Gasteiger partial charge in [-0.2, -0.15) is 0 Å². The molecule has 0 saturated carbocycles. The van der Waals surface area contributed by atoms with Crippen molar-refractivity contribution in [3.05, 3.63) is 60.3 Å². The van der Waals surface area contributed by atoms with Crippen molar-refractivity contribution in [1.82, 2.24) is 19.9 Å². The quantitative estimate of drug-likeness (QED) is 0.392. The molecule has 27 heavy (non-hydrogen) atoms. The Bertz CT molecular complexity index is 1250. The number of nitrogens with one attached hydrogen (secondary N) is 2. The van der Waals surface area contributed by atoms with E-state index in [2.05, 4.69) is 76.2 Å². The Labute approximate surface area is 161 Å². The zero-order valence-corrected chi connectivity index (χ0v) is 16.3. The molecule has 0 fully saturated rings. The number of imidazole rings is 2. The van der Waals surface area contributed by atoms with Gasteiger partial charge in [-0.15, -0.1) is 11.3 Å². The molecule has 0 aliphatic rings. The molecule has 2 N–H and O–H groups in total. The van der Waals surface area contributed by atoms with Crippen molar-refractivity contribution in [2.45, 2.75) is 26.7 Å². The van der Waals surface area contributed by atoms with Crippen LogP contribution in [0, 0.1) is 6.92 Å². The molecule has 0 atom stereocenters. The van der Waals surface area contributed by atoms with Crippen LogP contribution in [0.15, 0.2) is 48.7 Å². The van der Waals surface area contributed by atoms with E-state index in [1.165, 1.54) is 21.2 Å². The molecule has 5 aromatic rings. The summed E-state index contributed by atoms with van der Waals surface area (Å²) in [6.07, 6.45) is 1.92. The highest BCUT2D eigenvalue weighted by molar-refractivity contribution is 7.25. The van der Waals surface area contributed by atoms with Crippen molar-refractivity contribution >= 4 is 31.8 Å². The predicted octanol–water partition coefficient (Wildman–Crippen LogP) is 6.27. The number of hydrogen-bond donors (Lipinski definition) is 2. The second kappa shape index (κ2) is 6.06. The topological polar surface area (TPSA) is 57.4 Å². The first-order chi connectivity index (χ1) is 13.1. The highest BCUT2D eigenvalue weighted by Crippen LogP contribution is 2.35. The highest BCUT2D eigenvalue weighted by atomic mass is 32.1. The fourth-order valence-electron chi connectivity index (χ4n) is 3.44. The summed E-state index contributed by atoms with van der Waals surface area (Å²) in [7, 11) is 0. The van der Waals surface area contributed by atoms with Crippen LogP contribution in [0.2, 0.25) is 0 Å². The number of aryl methyl sites for hydroxylation is 1. The molecular weight excluding hydrogens is 352 g/mol. The minimum Gasteiger partial charge on any atom is -0.342 e. The van der Waals surface area contributed by atoms with Gasteiger partial charge in [-0.05, 0) is 29.7 Å². The monoisotopic (exact) mass is 372 g/mol. The Balaban J connectivity index is 1.50. The zero-order valence-electron chi connectivity index (χ0n) is 15.5. The van der Waals surface area contributed by atoms with Crippen molar-refractivity contribution < 1.29 is 0 Å². The van der Waals surface area contributed by atoms with Crippen LogP contribution >= 0.6 is 11.3 Å². The fourth-order valence-corrected chi connectivity index (χ4v) is 4.56. The summed E-state index contributed by atoms with van der Waals surface area (Å²) < 4.78 is 1.26. The van der Waals surface area contributed by atoms with Crippen LogP contribution in [0.5, 0.6) is 0 Å². The number of H-pyrrole nitrogens is 2.